The van der Waals surface area contributed by atoms with Crippen LogP contribution in [0.15, 0.2) is 0 Å². The zero-order valence-corrected chi connectivity index (χ0v) is 9.08. The highest BCUT2D eigenvalue weighted by molar-refractivity contribution is 4.89. The topological polar surface area (TPSA) is 15.7 Å². The van der Waals surface area contributed by atoms with Crippen LogP contribution in [0.3, 0.4) is 0 Å². The fraction of sp³-hybridized carbons (Fsp3) is 1.00. The number of hydrogen-bond donors (Lipinski definition) is 0. The highest BCUT2D eigenvalue weighted by Crippen LogP contribution is 2.35. The Morgan fingerprint density at radius 3 is 2.77 bits per heavy atom. The van der Waals surface area contributed by atoms with E-state index in [1.54, 1.807) is 0 Å². The van der Waals surface area contributed by atoms with Crippen LogP contribution < -0.4 is 0 Å². The molecule has 1 unspecified atom stereocenters. The molecule has 2 aliphatic rings. The first-order valence-corrected chi connectivity index (χ1v) is 5.17. The molecule has 2 heterocycles. The molecule has 0 saturated carbocycles. The number of hydroxylamine groups is 2. The lowest BCUT2D eigenvalue weighted by molar-refractivity contribution is -0.349. The molecule has 3 heteroatoms. The molecule has 0 amide bonds. The summed E-state index contributed by atoms with van der Waals surface area (Å²) in [5.74, 6) is 0. The van der Waals surface area contributed by atoms with E-state index >= 15 is 0 Å². The van der Waals surface area contributed by atoms with Crippen LogP contribution in [0, 0.1) is 0 Å². The van der Waals surface area contributed by atoms with Gasteiger partial charge in [-0.2, -0.15) is 5.06 Å². The molecular formula is C10H20N2O. The maximum absolute atomic E-state index is 5.92. The van der Waals surface area contributed by atoms with Crippen molar-refractivity contribution in [1.82, 2.24) is 9.96 Å². The van der Waals surface area contributed by atoms with E-state index in [4.69, 9.17) is 4.84 Å². The monoisotopic (exact) mass is 184 g/mol. The van der Waals surface area contributed by atoms with Gasteiger partial charge in [0.15, 0.2) is 0 Å². The molecule has 2 aliphatic heterocycles. The summed E-state index contributed by atoms with van der Waals surface area (Å²) in [5.41, 5.74) is 0.219. The van der Waals surface area contributed by atoms with Crippen LogP contribution in [0.25, 0.3) is 0 Å². The van der Waals surface area contributed by atoms with Crippen molar-refractivity contribution in [2.75, 3.05) is 13.6 Å². The van der Waals surface area contributed by atoms with Gasteiger partial charge in [0, 0.05) is 18.1 Å². The highest BCUT2D eigenvalue weighted by atomic mass is 16.7. The van der Waals surface area contributed by atoms with Gasteiger partial charge in [-0.25, -0.2) is 0 Å². The van der Waals surface area contributed by atoms with Gasteiger partial charge in [0.2, 0.25) is 0 Å². The third-order valence-electron chi connectivity index (χ3n) is 3.28. The van der Waals surface area contributed by atoms with Crippen molar-refractivity contribution in [2.45, 2.75) is 51.4 Å². The van der Waals surface area contributed by atoms with E-state index in [0.717, 1.165) is 13.0 Å². The van der Waals surface area contributed by atoms with Crippen molar-refractivity contribution in [3.05, 3.63) is 0 Å². The zero-order valence-electron chi connectivity index (χ0n) is 9.08. The van der Waals surface area contributed by atoms with Crippen LogP contribution >= 0.6 is 0 Å². The third-order valence-corrected chi connectivity index (χ3v) is 3.28. The Bertz CT molecular complexity index is 205. The Hall–Kier alpha value is -0.120. The Kier molecular flexibility index (Phi) is 2.13. The first-order chi connectivity index (χ1) is 6.00. The summed E-state index contributed by atoms with van der Waals surface area (Å²) in [6.45, 7) is 7.89. The van der Waals surface area contributed by atoms with E-state index in [1.165, 1.54) is 6.42 Å². The van der Waals surface area contributed by atoms with Crippen molar-refractivity contribution in [2.24, 2.45) is 0 Å². The molecule has 0 aromatic heterocycles. The van der Waals surface area contributed by atoms with Crippen molar-refractivity contribution >= 4 is 0 Å². The molecule has 0 radical (unpaired) electrons. The van der Waals surface area contributed by atoms with E-state index in [0.29, 0.717) is 12.3 Å². The number of hydrogen-bond acceptors (Lipinski definition) is 3. The number of likely N-dealkylation sites (N-methyl/N-ethyl adjacent to an activating group) is 1. The molecule has 0 aliphatic carbocycles. The summed E-state index contributed by atoms with van der Waals surface area (Å²) >= 11 is 0. The Labute approximate surface area is 80.6 Å². The van der Waals surface area contributed by atoms with Gasteiger partial charge in [-0.3, -0.25) is 9.74 Å². The first kappa shape index (κ1) is 9.44. The molecule has 2 saturated heterocycles. The van der Waals surface area contributed by atoms with Gasteiger partial charge >= 0.3 is 0 Å². The van der Waals surface area contributed by atoms with Gasteiger partial charge in [-0.15, -0.1) is 0 Å². The third kappa shape index (κ3) is 1.49. The standard InChI is InChI=1S/C10H20N2O/c1-8-7-11(4)9-5-6-10(2,3)12(8)13-9/h8-9H,5-7H2,1-4H3/t8-,9+/m0/s1. The van der Waals surface area contributed by atoms with Gasteiger partial charge in [-0.1, -0.05) is 0 Å². The van der Waals surface area contributed by atoms with Crippen LogP contribution in [0.2, 0.25) is 0 Å². The van der Waals surface area contributed by atoms with Crippen molar-refractivity contribution < 1.29 is 4.84 Å². The Morgan fingerprint density at radius 1 is 1.38 bits per heavy atom. The van der Waals surface area contributed by atoms with Gasteiger partial charge < -0.3 is 0 Å². The van der Waals surface area contributed by atoms with Crippen LogP contribution in [-0.4, -0.2) is 41.4 Å². The summed E-state index contributed by atoms with van der Waals surface area (Å²) in [4.78, 5) is 8.24. The molecule has 13 heavy (non-hydrogen) atoms. The molecule has 76 valence electrons. The van der Waals surface area contributed by atoms with Crippen LogP contribution in [0.1, 0.15) is 33.6 Å². The molecule has 3 atom stereocenters. The van der Waals surface area contributed by atoms with Crippen molar-refractivity contribution in [3.63, 3.8) is 0 Å². The lowest BCUT2D eigenvalue weighted by Crippen LogP contribution is -2.64. The van der Waals surface area contributed by atoms with E-state index < -0.39 is 0 Å². The predicted octanol–water partition coefficient (Wildman–Crippen LogP) is 1.45. The van der Waals surface area contributed by atoms with E-state index in [9.17, 15) is 0 Å². The fourth-order valence-corrected chi connectivity index (χ4v) is 2.52. The van der Waals surface area contributed by atoms with Gasteiger partial charge in [0.1, 0.15) is 6.23 Å². The van der Waals surface area contributed by atoms with Crippen molar-refractivity contribution in [1.29, 1.82) is 0 Å². The maximum atomic E-state index is 5.92. The summed E-state index contributed by atoms with van der Waals surface area (Å²) in [7, 11) is 2.15. The van der Waals surface area contributed by atoms with Gasteiger partial charge in [0.25, 0.3) is 0 Å². The minimum Gasteiger partial charge on any atom is -0.279 e. The smallest absolute Gasteiger partial charge is 0.132 e. The van der Waals surface area contributed by atoms with Crippen LogP contribution in [-0.2, 0) is 4.84 Å². The lowest BCUT2D eigenvalue weighted by atomic mass is 9.92. The summed E-state index contributed by atoms with van der Waals surface area (Å²) in [6.07, 6.45) is 2.71. The average Bonchev–Trinajstić information content (AvgIpc) is 2.02. The minimum atomic E-state index is 0.219. The van der Waals surface area contributed by atoms with Gasteiger partial charge in [0.05, 0.1) is 0 Å². The second-order valence-electron chi connectivity index (χ2n) is 5.03. The Morgan fingerprint density at radius 2 is 2.08 bits per heavy atom. The van der Waals surface area contributed by atoms with Gasteiger partial charge in [-0.05, 0) is 40.7 Å². The molecule has 0 spiro atoms. The molecule has 2 fully saturated rings. The molecule has 0 N–H and O–H groups in total. The van der Waals surface area contributed by atoms with E-state index in [-0.39, 0.29) is 5.54 Å². The van der Waals surface area contributed by atoms with Crippen molar-refractivity contribution in [3.8, 4) is 0 Å². The number of nitrogens with zero attached hydrogens (tertiary/aromatic N) is 2. The summed E-state index contributed by atoms with van der Waals surface area (Å²) < 4.78 is 0. The Balaban J connectivity index is 2.16. The molecule has 2 bridgehead atoms. The second-order valence-corrected chi connectivity index (χ2v) is 5.03. The zero-order chi connectivity index (χ0) is 9.64. The molecular weight excluding hydrogens is 164 g/mol. The first-order valence-electron chi connectivity index (χ1n) is 5.17. The lowest BCUT2D eigenvalue weighted by Gasteiger charge is -2.53. The normalized spacial score (nSPS) is 44.8. The van der Waals surface area contributed by atoms with E-state index in [2.05, 4.69) is 37.8 Å². The minimum absolute atomic E-state index is 0.219. The second kappa shape index (κ2) is 2.94. The van der Waals surface area contributed by atoms with Crippen LogP contribution in [0.4, 0.5) is 0 Å². The highest BCUT2D eigenvalue weighted by Gasteiger charge is 2.43. The average molecular weight is 184 g/mol. The predicted molar refractivity (Wildman–Crippen MR) is 52.1 cm³/mol. The summed E-state index contributed by atoms with van der Waals surface area (Å²) in [6, 6.07) is 0.511. The maximum Gasteiger partial charge on any atom is 0.132 e. The molecule has 3 nitrogen and oxygen atoms in total. The largest absolute Gasteiger partial charge is 0.279 e. The number of fused-ring (bicyclic) bond motifs is 2. The summed E-state index contributed by atoms with van der Waals surface area (Å²) in [5, 5.41) is 2.20. The SMILES string of the molecule is C[C@H]1CN(C)[C@H]2CCC(C)(C)N1O2. The number of rotatable bonds is 0. The molecule has 0 aromatic carbocycles. The fourth-order valence-electron chi connectivity index (χ4n) is 2.52. The molecule has 0 aromatic rings. The quantitative estimate of drug-likeness (QED) is 0.567. The van der Waals surface area contributed by atoms with E-state index in [1.807, 2.05) is 0 Å². The van der Waals surface area contributed by atoms with Crippen LogP contribution in [0.5, 0.6) is 0 Å². The molecule has 2 rings (SSSR count).